The van der Waals surface area contributed by atoms with E-state index in [4.69, 9.17) is 9.47 Å². The molecule has 5 rings (SSSR count). The van der Waals surface area contributed by atoms with E-state index in [1.165, 1.54) is 6.92 Å². The van der Waals surface area contributed by atoms with Crippen molar-refractivity contribution < 1.29 is 24.2 Å². The summed E-state index contributed by atoms with van der Waals surface area (Å²) in [6, 6.07) is 0. The van der Waals surface area contributed by atoms with Crippen LogP contribution in [-0.4, -0.2) is 41.3 Å². The molecule has 1 saturated heterocycles. The Balaban J connectivity index is 1.69. The number of aliphatic hydroxyl groups is 1. The van der Waals surface area contributed by atoms with Gasteiger partial charge in [-0.2, -0.15) is 0 Å². The first kappa shape index (κ1) is 17.9. The fourth-order valence-electron chi connectivity index (χ4n) is 7.09. The molecule has 3 saturated carbocycles. The number of ether oxygens (including phenoxy) is 2. The van der Waals surface area contributed by atoms with E-state index >= 15 is 0 Å². The second-order valence-electron chi connectivity index (χ2n) is 10.2. The van der Waals surface area contributed by atoms with E-state index in [1.54, 1.807) is 0 Å². The van der Waals surface area contributed by atoms with Crippen LogP contribution in [0.1, 0.15) is 59.8 Å². The maximum Gasteiger partial charge on any atom is 0.303 e. The number of hydrogen-bond donors (Lipinski definition) is 1. The first-order chi connectivity index (χ1) is 12.6. The van der Waals surface area contributed by atoms with Gasteiger partial charge in [0.2, 0.25) is 0 Å². The van der Waals surface area contributed by atoms with E-state index in [0.29, 0.717) is 31.3 Å². The van der Waals surface area contributed by atoms with Crippen LogP contribution in [-0.2, 0) is 19.1 Å². The second-order valence-corrected chi connectivity index (χ2v) is 10.2. The number of fused-ring (bicyclic) bond motifs is 4. The number of ketones is 1. The fraction of sp³-hybridized carbons (Fsp3) is 0.818. The molecule has 0 aromatic heterocycles. The Hall–Kier alpha value is -1.20. The van der Waals surface area contributed by atoms with Gasteiger partial charge in [-0.3, -0.25) is 9.59 Å². The maximum atomic E-state index is 13.9. The van der Waals surface area contributed by atoms with Gasteiger partial charge in [-0.15, -0.1) is 0 Å². The lowest BCUT2D eigenvalue weighted by atomic mass is 9.51. The summed E-state index contributed by atoms with van der Waals surface area (Å²) in [5, 5.41) is 11.9. The highest BCUT2D eigenvalue weighted by molar-refractivity contribution is 5.96. The molecule has 27 heavy (non-hydrogen) atoms. The summed E-state index contributed by atoms with van der Waals surface area (Å²) in [5.74, 6) is 0.444. The molecule has 1 spiro atoms. The van der Waals surface area contributed by atoms with Crippen LogP contribution in [0.25, 0.3) is 0 Å². The maximum absolute atomic E-state index is 13.9. The lowest BCUT2D eigenvalue weighted by Crippen LogP contribution is -2.62. The molecular formula is C22H30O5. The van der Waals surface area contributed by atoms with Crippen LogP contribution in [0.15, 0.2) is 11.1 Å². The van der Waals surface area contributed by atoms with Gasteiger partial charge in [0.25, 0.3) is 0 Å². The first-order valence-electron chi connectivity index (χ1n) is 10.4. The van der Waals surface area contributed by atoms with E-state index in [1.807, 2.05) is 20.8 Å². The number of allylic oxidation sites excluding steroid dienone is 1. The SMILES string of the molecule is CC(=O)O[C@H]1C(=O)[C@]23C[C@H]2C[C@H]2OC[C@H]2[C@H]3C[C@]2(O)CCC(C)=C1C2(C)C. The molecule has 4 aliphatic carbocycles. The summed E-state index contributed by atoms with van der Waals surface area (Å²) < 4.78 is 11.5. The molecule has 5 nitrogen and oxygen atoms in total. The van der Waals surface area contributed by atoms with Crippen molar-refractivity contribution in [3.05, 3.63) is 11.1 Å². The monoisotopic (exact) mass is 374 g/mol. The number of Topliss-reactive ketones (excluding diaryl/α,β-unsaturated/α-hetero) is 1. The van der Waals surface area contributed by atoms with Crippen molar-refractivity contribution >= 4 is 11.8 Å². The van der Waals surface area contributed by atoms with E-state index in [0.717, 1.165) is 30.4 Å². The Morgan fingerprint density at radius 2 is 2.04 bits per heavy atom. The quantitative estimate of drug-likeness (QED) is 0.564. The van der Waals surface area contributed by atoms with Gasteiger partial charge in [0, 0.05) is 23.7 Å². The molecule has 0 radical (unpaired) electrons. The lowest BCUT2D eigenvalue weighted by molar-refractivity contribution is -0.203. The number of carbonyl (C=O) groups excluding carboxylic acids is 2. The Morgan fingerprint density at radius 1 is 1.30 bits per heavy atom. The van der Waals surface area contributed by atoms with Crippen molar-refractivity contribution in [1.82, 2.24) is 0 Å². The Bertz CT molecular complexity index is 767. The topological polar surface area (TPSA) is 72.8 Å². The van der Waals surface area contributed by atoms with Crippen molar-refractivity contribution in [2.75, 3.05) is 6.61 Å². The van der Waals surface area contributed by atoms with Crippen molar-refractivity contribution in [2.45, 2.75) is 77.6 Å². The molecule has 0 aromatic rings. The Labute approximate surface area is 160 Å². The number of carbonyl (C=O) groups is 2. The minimum absolute atomic E-state index is 0.0874. The van der Waals surface area contributed by atoms with E-state index in [9.17, 15) is 14.7 Å². The largest absolute Gasteiger partial charge is 0.450 e. The van der Waals surface area contributed by atoms with Crippen molar-refractivity contribution in [3.8, 4) is 0 Å². The summed E-state index contributed by atoms with van der Waals surface area (Å²) in [6.07, 6.45) is 3.26. The normalized spacial score (nSPS) is 49.7. The fourth-order valence-corrected chi connectivity index (χ4v) is 7.09. The van der Waals surface area contributed by atoms with Crippen molar-refractivity contribution in [1.29, 1.82) is 0 Å². The predicted molar refractivity (Wildman–Crippen MR) is 97.7 cm³/mol. The van der Waals surface area contributed by atoms with E-state index in [-0.39, 0.29) is 17.8 Å². The van der Waals surface area contributed by atoms with Gasteiger partial charge in [0.1, 0.15) is 0 Å². The van der Waals surface area contributed by atoms with Crippen molar-refractivity contribution in [3.63, 3.8) is 0 Å². The van der Waals surface area contributed by atoms with Crippen LogP contribution < -0.4 is 0 Å². The highest BCUT2D eigenvalue weighted by atomic mass is 16.5. The highest BCUT2D eigenvalue weighted by Crippen LogP contribution is 2.72. The third kappa shape index (κ3) is 2.08. The van der Waals surface area contributed by atoms with E-state index < -0.39 is 28.5 Å². The second kappa shape index (κ2) is 5.24. The zero-order chi connectivity index (χ0) is 19.4. The third-order valence-electron chi connectivity index (χ3n) is 8.84. The molecule has 0 aromatic carbocycles. The highest BCUT2D eigenvalue weighted by Gasteiger charge is 2.75. The molecule has 4 fully saturated rings. The molecule has 1 aliphatic heterocycles. The average molecular weight is 374 g/mol. The summed E-state index contributed by atoms with van der Waals surface area (Å²) in [5.41, 5.74) is 0.0231. The smallest absolute Gasteiger partial charge is 0.303 e. The Morgan fingerprint density at radius 3 is 2.67 bits per heavy atom. The third-order valence-corrected chi connectivity index (χ3v) is 8.84. The molecule has 5 aliphatic rings. The first-order valence-corrected chi connectivity index (χ1v) is 10.4. The number of hydrogen-bond acceptors (Lipinski definition) is 5. The molecule has 148 valence electrons. The summed E-state index contributed by atoms with van der Waals surface area (Å²) in [7, 11) is 0. The average Bonchev–Trinajstić information content (AvgIpc) is 3.28. The van der Waals surface area contributed by atoms with Gasteiger partial charge >= 0.3 is 5.97 Å². The van der Waals surface area contributed by atoms with Gasteiger partial charge in [-0.05, 0) is 56.4 Å². The lowest BCUT2D eigenvalue weighted by Gasteiger charge is -2.58. The van der Waals surface area contributed by atoms with Crippen molar-refractivity contribution in [2.24, 2.45) is 28.6 Å². The number of rotatable bonds is 1. The minimum Gasteiger partial charge on any atom is -0.450 e. The van der Waals surface area contributed by atoms with E-state index in [2.05, 4.69) is 0 Å². The molecule has 2 bridgehead atoms. The van der Waals surface area contributed by atoms with Gasteiger partial charge in [0.05, 0.1) is 18.3 Å². The predicted octanol–water partition coefficient (Wildman–Crippen LogP) is 2.80. The zero-order valence-corrected chi connectivity index (χ0v) is 16.7. The number of esters is 1. The minimum atomic E-state index is -0.886. The van der Waals surface area contributed by atoms with Crippen LogP contribution in [0.3, 0.4) is 0 Å². The summed E-state index contributed by atoms with van der Waals surface area (Å²) in [4.78, 5) is 25.9. The standard InChI is InChI=1S/C22H30O5/c1-11-5-6-21(25)9-15-14-10-26-16(14)7-13-8-22(13,15)19(24)18(27-12(2)23)17(11)20(21,3)4/h13-16,18,25H,5-10H2,1-4H3/t13-,14+,15-,16-,18-,21-,22-/m1/s1. The molecule has 1 heterocycles. The summed E-state index contributed by atoms with van der Waals surface area (Å²) in [6.45, 7) is 8.13. The molecule has 0 unspecified atom stereocenters. The molecular weight excluding hydrogens is 344 g/mol. The molecule has 7 atom stereocenters. The van der Waals surface area contributed by atoms with Gasteiger partial charge in [-0.25, -0.2) is 0 Å². The van der Waals surface area contributed by atoms with Gasteiger partial charge in [0.15, 0.2) is 11.9 Å². The molecule has 1 N–H and O–H groups in total. The van der Waals surface area contributed by atoms with Crippen LogP contribution >= 0.6 is 0 Å². The van der Waals surface area contributed by atoms with Crippen LogP contribution in [0.2, 0.25) is 0 Å². The van der Waals surface area contributed by atoms with Crippen LogP contribution in [0.4, 0.5) is 0 Å². The van der Waals surface area contributed by atoms with Crippen LogP contribution in [0.5, 0.6) is 0 Å². The Kier molecular flexibility index (Phi) is 3.46. The van der Waals surface area contributed by atoms with Crippen LogP contribution in [0, 0.1) is 28.6 Å². The summed E-state index contributed by atoms with van der Waals surface area (Å²) >= 11 is 0. The molecule has 5 heteroatoms. The van der Waals surface area contributed by atoms with Gasteiger partial charge in [-0.1, -0.05) is 19.4 Å². The molecule has 0 amide bonds. The van der Waals surface area contributed by atoms with Gasteiger partial charge < -0.3 is 14.6 Å². The zero-order valence-electron chi connectivity index (χ0n) is 16.7.